The summed E-state index contributed by atoms with van der Waals surface area (Å²) < 4.78 is 0. The van der Waals surface area contributed by atoms with E-state index in [1.807, 2.05) is 0 Å². The highest BCUT2D eigenvalue weighted by Crippen LogP contribution is 2.40. The van der Waals surface area contributed by atoms with Crippen molar-refractivity contribution in [2.45, 2.75) is 19.3 Å². The molecular formula is C18H14N2. The summed E-state index contributed by atoms with van der Waals surface area (Å²) in [6, 6.07) is 14.9. The number of rotatable bonds is 0. The first-order chi connectivity index (χ1) is 9.81. The molecule has 0 radical (unpaired) electrons. The van der Waals surface area contributed by atoms with Gasteiger partial charge in [-0.3, -0.25) is 0 Å². The van der Waals surface area contributed by atoms with E-state index in [2.05, 4.69) is 42.5 Å². The number of nitrogens with two attached hydrogens (primary N) is 1. The molecule has 0 saturated heterocycles. The normalized spacial score (nSPS) is 13.6. The third-order valence-electron chi connectivity index (χ3n) is 4.42. The maximum Gasteiger partial charge on any atom is 0.102 e. The molecule has 0 aliphatic heterocycles. The van der Waals surface area contributed by atoms with Crippen molar-refractivity contribution in [1.29, 1.82) is 5.26 Å². The van der Waals surface area contributed by atoms with E-state index in [0.717, 1.165) is 24.6 Å². The minimum atomic E-state index is 0.647. The van der Waals surface area contributed by atoms with Gasteiger partial charge in [0.2, 0.25) is 0 Å². The number of hydrogen-bond donors (Lipinski definition) is 1. The first-order valence-corrected chi connectivity index (χ1v) is 6.96. The maximum absolute atomic E-state index is 9.43. The quantitative estimate of drug-likeness (QED) is 0.490. The third-order valence-corrected chi connectivity index (χ3v) is 4.42. The molecule has 3 aromatic rings. The molecule has 0 bridgehead atoms. The number of anilines is 1. The fraction of sp³-hybridized carbons (Fsp3) is 0.167. The molecule has 0 heterocycles. The Morgan fingerprint density at radius 3 is 2.60 bits per heavy atom. The highest BCUT2D eigenvalue weighted by Gasteiger charge is 2.22. The second-order valence-electron chi connectivity index (χ2n) is 5.42. The third kappa shape index (κ3) is 1.32. The highest BCUT2D eigenvalue weighted by atomic mass is 14.6. The molecule has 0 spiro atoms. The van der Waals surface area contributed by atoms with Crippen LogP contribution in [0.15, 0.2) is 36.4 Å². The Morgan fingerprint density at radius 2 is 1.75 bits per heavy atom. The molecule has 4 rings (SSSR count). The lowest BCUT2D eigenvalue weighted by molar-refractivity contribution is 0.913. The van der Waals surface area contributed by atoms with Gasteiger partial charge in [0.1, 0.15) is 6.07 Å². The Kier molecular flexibility index (Phi) is 2.25. The fourth-order valence-electron chi connectivity index (χ4n) is 3.54. The van der Waals surface area contributed by atoms with E-state index in [9.17, 15) is 5.26 Å². The first-order valence-electron chi connectivity index (χ1n) is 6.96. The number of nitriles is 1. The molecule has 0 atom stereocenters. The zero-order valence-corrected chi connectivity index (χ0v) is 11.1. The molecule has 1 aliphatic carbocycles. The Morgan fingerprint density at radius 1 is 0.950 bits per heavy atom. The van der Waals surface area contributed by atoms with Gasteiger partial charge in [-0.15, -0.1) is 0 Å². The van der Waals surface area contributed by atoms with Crippen LogP contribution in [0.2, 0.25) is 0 Å². The van der Waals surface area contributed by atoms with Crippen molar-refractivity contribution in [3.8, 4) is 6.07 Å². The van der Waals surface area contributed by atoms with Crippen molar-refractivity contribution in [3.63, 3.8) is 0 Å². The summed E-state index contributed by atoms with van der Waals surface area (Å²) in [5, 5.41) is 14.2. The summed E-state index contributed by atoms with van der Waals surface area (Å²) in [6.07, 6.45) is 3.14. The van der Waals surface area contributed by atoms with Crippen LogP contribution in [0.3, 0.4) is 0 Å². The summed E-state index contributed by atoms with van der Waals surface area (Å²) in [7, 11) is 0. The zero-order chi connectivity index (χ0) is 13.7. The van der Waals surface area contributed by atoms with Gasteiger partial charge in [0, 0.05) is 5.39 Å². The average molecular weight is 258 g/mol. The smallest absolute Gasteiger partial charge is 0.102 e. The van der Waals surface area contributed by atoms with E-state index in [-0.39, 0.29) is 0 Å². The summed E-state index contributed by atoms with van der Waals surface area (Å²) in [5.74, 6) is 0. The predicted octanol–water partition coefficient (Wildman–Crippen LogP) is 3.94. The SMILES string of the molecule is N#Cc1c2c(c3c(ccc4ccccc43)c1N)CCC2. The van der Waals surface area contributed by atoms with Crippen LogP contribution in [0.4, 0.5) is 5.69 Å². The van der Waals surface area contributed by atoms with E-state index in [1.54, 1.807) is 0 Å². The van der Waals surface area contributed by atoms with Crippen molar-refractivity contribution < 1.29 is 0 Å². The van der Waals surface area contributed by atoms with Gasteiger partial charge in [-0.2, -0.15) is 5.26 Å². The van der Waals surface area contributed by atoms with Gasteiger partial charge >= 0.3 is 0 Å². The number of aryl methyl sites for hydroxylation is 1. The number of benzene rings is 3. The zero-order valence-electron chi connectivity index (χ0n) is 11.1. The maximum atomic E-state index is 9.43. The lowest BCUT2D eigenvalue weighted by Gasteiger charge is -2.14. The molecule has 0 aromatic heterocycles. The number of nitrogen functional groups attached to an aromatic ring is 1. The molecule has 0 fully saturated rings. The van der Waals surface area contributed by atoms with Crippen LogP contribution in [0.25, 0.3) is 21.5 Å². The lowest BCUT2D eigenvalue weighted by Crippen LogP contribution is -1.99. The van der Waals surface area contributed by atoms with Gasteiger partial charge < -0.3 is 5.73 Å². The van der Waals surface area contributed by atoms with Crippen LogP contribution in [0.5, 0.6) is 0 Å². The van der Waals surface area contributed by atoms with Crippen LogP contribution in [0, 0.1) is 11.3 Å². The van der Waals surface area contributed by atoms with Crippen LogP contribution in [-0.2, 0) is 12.8 Å². The van der Waals surface area contributed by atoms with Crippen LogP contribution in [0.1, 0.15) is 23.1 Å². The van der Waals surface area contributed by atoms with Crippen LogP contribution < -0.4 is 5.73 Å². The predicted molar refractivity (Wildman–Crippen MR) is 82.6 cm³/mol. The molecule has 20 heavy (non-hydrogen) atoms. The highest BCUT2D eigenvalue weighted by molar-refractivity contribution is 6.14. The molecule has 0 amide bonds. The number of nitrogens with zero attached hydrogens (tertiary/aromatic N) is 1. The molecule has 0 saturated carbocycles. The Balaban J connectivity index is 2.31. The number of fused-ring (bicyclic) bond motifs is 5. The van der Waals surface area contributed by atoms with E-state index in [0.29, 0.717) is 11.3 Å². The van der Waals surface area contributed by atoms with Gasteiger partial charge in [0.15, 0.2) is 0 Å². The lowest BCUT2D eigenvalue weighted by atomic mass is 9.91. The molecular weight excluding hydrogens is 244 g/mol. The van der Waals surface area contributed by atoms with Gasteiger partial charge in [0.05, 0.1) is 11.3 Å². The molecule has 3 aromatic carbocycles. The fourth-order valence-corrected chi connectivity index (χ4v) is 3.54. The molecule has 96 valence electrons. The van der Waals surface area contributed by atoms with Crippen molar-refractivity contribution >= 4 is 27.2 Å². The number of hydrogen-bond acceptors (Lipinski definition) is 2. The molecule has 1 aliphatic rings. The van der Waals surface area contributed by atoms with Crippen molar-refractivity contribution in [3.05, 3.63) is 53.1 Å². The van der Waals surface area contributed by atoms with Gasteiger partial charge in [-0.05, 0) is 46.5 Å². The summed E-state index contributed by atoms with van der Waals surface area (Å²) >= 11 is 0. The first kappa shape index (κ1) is 11.3. The molecule has 2 heteroatoms. The summed E-state index contributed by atoms with van der Waals surface area (Å²) in [5.41, 5.74) is 10.1. The Hall–Kier alpha value is -2.53. The standard InChI is InChI=1S/C18H14N2/c19-10-16-13-6-3-7-14(13)17-12-5-2-1-4-11(12)8-9-15(17)18(16)20/h1-2,4-5,8-9H,3,6-7,20H2. The second kappa shape index (κ2) is 3.98. The van der Waals surface area contributed by atoms with Crippen LogP contribution >= 0.6 is 0 Å². The Bertz CT molecular complexity index is 901. The van der Waals surface area contributed by atoms with Crippen molar-refractivity contribution in [1.82, 2.24) is 0 Å². The summed E-state index contributed by atoms with van der Waals surface area (Å²) in [6.45, 7) is 0. The monoisotopic (exact) mass is 258 g/mol. The van der Waals surface area contributed by atoms with Gasteiger partial charge in [0.25, 0.3) is 0 Å². The Labute approximate surface area is 117 Å². The van der Waals surface area contributed by atoms with Gasteiger partial charge in [-0.1, -0.05) is 36.4 Å². The van der Waals surface area contributed by atoms with E-state index in [4.69, 9.17) is 5.73 Å². The van der Waals surface area contributed by atoms with E-state index >= 15 is 0 Å². The van der Waals surface area contributed by atoms with E-state index in [1.165, 1.54) is 27.3 Å². The van der Waals surface area contributed by atoms with Crippen molar-refractivity contribution in [2.24, 2.45) is 0 Å². The topological polar surface area (TPSA) is 49.8 Å². The molecule has 2 N–H and O–H groups in total. The molecule has 2 nitrogen and oxygen atoms in total. The average Bonchev–Trinajstić information content (AvgIpc) is 2.96. The van der Waals surface area contributed by atoms with Gasteiger partial charge in [-0.25, -0.2) is 0 Å². The molecule has 0 unspecified atom stereocenters. The van der Waals surface area contributed by atoms with E-state index < -0.39 is 0 Å². The summed E-state index contributed by atoms with van der Waals surface area (Å²) in [4.78, 5) is 0. The van der Waals surface area contributed by atoms with Crippen LogP contribution in [-0.4, -0.2) is 0 Å². The minimum Gasteiger partial charge on any atom is -0.397 e. The second-order valence-corrected chi connectivity index (χ2v) is 5.42. The van der Waals surface area contributed by atoms with Crippen molar-refractivity contribution in [2.75, 3.05) is 5.73 Å². The minimum absolute atomic E-state index is 0.647. The largest absolute Gasteiger partial charge is 0.397 e.